The van der Waals surface area contributed by atoms with Gasteiger partial charge in [0.25, 0.3) is 0 Å². The molecule has 4 heteroatoms. The lowest BCUT2D eigenvalue weighted by molar-refractivity contribution is 0.455. The third-order valence-corrected chi connectivity index (χ3v) is 3.93. The topological polar surface area (TPSA) is 35.8 Å². The molecular formula is C10H13BrN2S. The van der Waals surface area contributed by atoms with Gasteiger partial charge in [-0.3, -0.25) is 0 Å². The van der Waals surface area contributed by atoms with Gasteiger partial charge in [-0.2, -0.15) is 5.26 Å². The summed E-state index contributed by atoms with van der Waals surface area (Å²) in [6.45, 7) is 2.04. The third kappa shape index (κ3) is 2.57. The van der Waals surface area contributed by atoms with Gasteiger partial charge in [-0.25, -0.2) is 0 Å². The molecular weight excluding hydrogens is 260 g/mol. The van der Waals surface area contributed by atoms with Crippen molar-refractivity contribution >= 4 is 27.3 Å². The fourth-order valence-electron chi connectivity index (χ4n) is 1.44. The van der Waals surface area contributed by atoms with Crippen molar-refractivity contribution in [2.45, 2.75) is 19.4 Å². The minimum absolute atomic E-state index is 0.0468. The van der Waals surface area contributed by atoms with E-state index in [-0.39, 0.29) is 12.0 Å². The Hall–Kier alpha value is -0.370. The maximum absolute atomic E-state index is 9.00. The summed E-state index contributed by atoms with van der Waals surface area (Å²) >= 11 is 5.11. The Bertz CT molecular complexity index is 329. The number of nitriles is 1. The molecule has 0 saturated heterocycles. The first-order valence-electron chi connectivity index (χ1n) is 4.55. The Kier molecular flexibility index (Phi) is 4.59. The van der Waals surface area contributed by atoms with E-state index in [9.17, 15) is 0 Å². The van der Waals surface area contributed by atoms with Gasteiger partial charge in [0.1, 0.15) is 0 Å². The fraction of sp³-hybridized carbons (Fsp3) is 0.500. The van der Waals surface area contributed by atoms with Crippen LogP contribution >= 0.6 is 27.3 Å². The Labute approximate surface area is 97.1 Å². The van der Waals surface area contributed by atoms with E-state index < -0.39 is 0 Å². The van der Waals surface area contributed by atoms with Crippen LogP contribution in [0.15, 0.2) is 15.9 Å². The van der Waals surface area contributed by atoms with Crippen LogP contribution in [0.3, 0.4) is 0 Å². The maximum Gasteiger partial charge on any atom is 0.0701 e. The maximum atomic E-state index is 9.00. The van der Waals surface area contributed by atoms with Crippen LogP contribution in [0.2, 0.25) is 0 Å². The van der Waals surface area contributed by atoms with Gasteiger partial charge in [0.05, 0.1) is 21.8 Å². The van der Waals surface area contributed by atoms with Gasteiger partial charge in [0.2, 0.25) is 0 Å². The van der Waals surface area contributed by atoms with Crippen molar-refractivity contribution in [1.29, 1.82) is 5.26 Å². The van der Waals surface area contributed by atoms with Gasteiger partial charge in [0.15, 0.2) is 0 Å². The largest absolute Gasteiger partial charge is 0.311 e. The quantitative estimate of drug-likeness (QED) is 0.913. The zero-order valence-electron chi connectivity index (χ0n) is 8.25. The van der Waals surface area contributed by atoms with Crippen molar-refractivity contribution in [3.63, 3.8) is 0 Å². The van der Waals surface area contributed by atoms with E-state index >= 15 is 0 Å². The number of hydrogen-bond donors (Lipinski definition) is 1. The van der Waals surface area contributed by atoms with Gasteiger partial charge in [-0.05, 0) is 41.5 Å². The summed E-state index contributed by atoms with van der Waals surface area (Å²) in [4.78, 5) is 1.22. The predicted octanol–water partition coefficient (Wildman–Crippen LogP) is 3.32. The number of halogens is 1. The minimum Gasteiger partial charge on any atom is -0.311 e. The normalized spacial score (nSPS) is 14.7. The van der Waals surface area contributed by atoms with E-state index in [0.717, 1.165) is 10.2 Å². The first-order valence-corrected chi connectivity index (χ1v) is 6.16. The third-order valence-electron chi connectivity index (χ3n) is 2.22. The molecule has 1 N–H and O–H groups in total. The number of rotatable bonds is 4. The van der Waals surface area contributed by atoms with E-state index in [4.69, 9.17) is 5.26 Å². The Morgan fingerprint density at radius 2 is 2.36 bits per heavy atom. The lowest BCUT2D eigenvalue weighted by atomic mass is 9.97. The van der Waals surface area contributed by atoms with Crippen LogP contribution < -0.4 is 5.32 Å². The van der Waals surface area contributed by atoms with Crippen molar-refractivity contribution < 1.29 is 0 Å². The molecule has 0 aliphatic rings. The summed E-state index contributed by atoms with van der Waals surface area (Å²) in [7, 11) is 1.90. The molecule has 2 nitrogen and oxygen atoms in total. The van der Waals surface area contributed by atoms with Crippen molar-refractivity contribution in [3.8, 4) is 6.07 Å². The molecule has 0 aromatic carbocycles. The Balaban J connectivity index is 2.87. The highest BCUT2D eigenvalue weighted by Crippen LogP contribution is 2.32. The van der Waals surface area contributed by atoms with Crippen LogP contribution in [-0.4, -0.2) is 7.05 Å². The van der Waals surface area contributed by atoms with E-state index in [2.05, 4.69) is 33.4 Å². The molecule has 1 aromatic rings. The zero-order valence-corrected chi connectivity index (χ0v) is 10.7. The summed E-state index contributed by atoms with van der Waals surface area (Å²) in [5.41, 5.74) is 0. The summed E-state index contributed by atoms with van der Waals surface area (Å²) in [5, 5.41) is 12.2. The summed E-state index contributed by atoms with van der Waals surface area (Å²) < 4.78 is 1.11. The van der Waals surface area contributed by atoms with Crippen molar-refractivity contribution in [3.05, 3.63) is 20.8 Å². The van der Waals surface area contributed by atoms with Crippen molar-refractivity contribution in [2.75, 3.05) is 7.05 Å². The lowest BCUT2D eigenvalue weighted by Crippen LogP contribution is -2.22. The molecule has 0 saturated carbocycles. The number of hydrogen-bond acceptors (Lipinski definition) is 3. The Morgan fingerprint density at radius 3 is 2.71 bits per heavy atom. The second-order valence-electron chi connectivity index (χ2n) is 3.05. The zero-order chi connectivity index (χ0) is 10.6. The molecule has 2 unspecified atom stereocenters. The first-order chi connectivity index (χ1) is 6.72. The molecule has 76 valence electrons. The van der Waals surface area contributed by atoms with Crippen molar-refractivity contribution in [2.24, 2.45) is 5.92 Å². The highest BCUT2D eigenvalue weighted by molar-refractivity contribution is 9.11. The van der Waals surface area contributed by atoms with Gasteiger partial charge < -0.3 is 5.32 Å². The molecule has 1 heterocycles. The molecule has 1 aromatic heterocycles. The first kappa shape index (κ1) is 11.7. The standard InChI is InChI=1S/C10H13BrN2S/c1-3-7(6-12)10(13-2)8-4-5-9(11)14-8/h4-5,7,10,13H,3H2,1-2H3. The second-order valence-corrected chi connectivity index (χ2v) is 5.55. The van der Waals surface area contributed by atoms with Gasteiger partial charge in [0, 0.05) is 4.88 Å². The highest BCUT2D eigenvalue weighted by atomic mass is 79.9. The summed E-state index contributed by atoms with van der Waals surface area (Å²) in [6, 6.07) is 6.58. The van der Waals surface area contributed by atoms with Gasteiger partial charge in [-0.1, -0.05) is 6.92 Å². The molecule has 0 fully saturated rings. The number of thiophene rings is 1. The summed E-state index contributed by atoms with van der Waals surface area (Å²) in [6.07, 6.45) is 0.873. The molecule has 0 bridgehead atoms. The molecule has 2 atom stereocenters. The lowest BCUT2D eigenvalue weighted by Gasteiger charge is -2.18. The molecule has 0 aliphatic heterocycles. The minimum atomic E-state index is 0.0468. The van der Waals surface area contributed by atoms with E-state index in [1.807, 2.05) is 20.0 Å². The second kappa shape index (κ2) is 5.50. The van der Waals surface area contributed by atoms with Crippen LogP contribution in [0.1, 0.15) is 24.3 Å². The summed E-state index contributed by atoms with van der Waals surface area (Å²) in [5.74, 6) is 0.0468. The molecule has 0 radical (unpaired) electrons. The molecule has 1 rings (SSSR count). The van der Waals surface area contributed by atoms with E-state index in [0.29, 0.717) is 0 Å². The number of nitrogens with zero attached hydrogens (tertiary/aromatic N) is 1. The van der Waals surface area contributed by atoms with E-state index in [1.54, 1.807) is 11.3 Å². The SMILES string of the molecule is CCC(C#N)C(NC)c1ccc(Br)s1. The number of nitrogens with one attached hydrogen (secondary N) is 1. The van der Waals surface area contributed by atoms with Crippen LogP contribution in [-0.2, 0) is 0 Å². The predicted molar refractivity (Wildman–Crippen MR) is 63.2 cm³/mol. The smallest absolute Gasteiger partial charge is 0.0701 e. The highest BCUT2D eigenvalue weighted by Gasteiger charge is 2.20. The fourth-order valence-corrected chi connectivity index (χ4v) is 3.04. The van der Waals surface area contributed by atoms with Crippen LogP contribution in [0.4, 0.5) is 0 Å². The van der Waals surface area contributed by atoms with Crippen LogP contribution in [0.25, 0.3) is 0 Å². The monoisotopic (exact) mass is 272 g/mol. The van der Waals surface area contributed by atoms with Gasteiger partial charge >= 0.3 is 0 Å². The molecule has 14 heavy (non-hydrogen) atoms. The molecule has 0 spiro atoms. The Morgan fingerprint density at radius 1 is 1.64 bits per heavy atom. The van der Waals surface area contributed by atoms with Gasteiger partial charge in [-0.15, -0.1) is 11.3 Å². The average Bonchev–Trinajstić information content (AvgIpc) is 2.60. The van der Waals surface area contributed by atoms with Crippen LogP contribution in [0.5, 0.6) is 0 Å². The molecule has 0 aliphatic carbocycles. The van der Waals surface area contributed by atoms with Crippen molar-refractivity contribution in [1.82, 2.24) is 5.32 Å². The van der Waals surface area contributed by atoms with E-state index in [1.165, 1.54) is 4.88 Å². The average molecular weight is 273 g/mol. The molecule has 0 amide bonds. The van der Waals surface area contributed by atoms with Crippen LogP contribution in [0, 0.1) is 17.2 Å².